The molecule has 1 aliphatic carbocycles. The molecule has 0 unspecified atom stereocenters. The van der Waals surface area contributed by atoms with Crippen molar-refractivity contribution in [1.82, 2.24) is 9.80 Å². The quantitative estimate of drug-likeness (QED) is 0.779. The number of nitriles is 1. The molecular formula is C22H36FN3O2. The van der Waals surface area contributed by atoms with Crippen LogP contribution in [-0.4, -0.2) is 65.3 Å². The molecule has 0 aromatic carbocycles. The van der Waals surface area contributed by atoms with E-state index in [0.717, 1.165) is 51.7 Å². The number of likely N-dealkylation sites (tertiary alicyclic amines) is 2. The molecule has 2 heterocycles. The molecule has 0 aromatic rings. The van der Waals surface area contributed by atoms with Gasteiger partial charge in [-0.1, -0.05) is 20.8 Å². The van der Waals surface area contributed by atoms with E-state index in [1.165, 1.54) is 4.90 Å². The van der Waals surface area contributed by atoms with Crippen molar-refractivity contribution in [3.05, 3.63) is 0 Å². The molecule has 1 saturated carbocycles. The van der Waals surface area contributed by atoms with Crippen LogP contribution in [0.25, 0.3) is 0 Å². The monoisotopic (exact) mass is 393 g/mol. The minimum atomic E-state index is -1.07. The van der Waals surface area contributed by atoms with E-state index >= 15 is 0 Å². The highest BCUT2D eigenvalue weighted by atomic mass is 19.1. The fourth-order valence-electron chi connectivity index (χ4n) is 5.56. The number of piperidine rings is 1. The van der Waals surface area contributed by atoms with Crippen LogP contribution in [0.4, 0.5) is 4.39 Å². The van der Waals surface area contributed by atoms with Crippen molar-refractivity contribution in [2.75, 3.05) is 26.2 Å². The van der Waals surface area contributed by atoms with E-state index in [4.69, 9.17) is 0 Å². The Morgan fingerprint density at radius 2 is 1.93 bits per heavy atom. The van der Waals surface area contributed by atoms with Crippen molar-refractivity contribution in [3.63, 3.8) is 0 Å². The average molecular weight is 394 g/mol. The number of aliphatic hydroxyl groups excluding tert-OH is 1. The predicted octanol–water partition coefficient (Wildman–Crippen LogP) is 3.13. The maximum atomic E-state index is 13.6. The molecule has 0 spiro atoms. The Bertz CT molecular complexity index is 611. The molecule has 0 bridgehead atoms. The minimum Gasteiger partial charge on any atom is -0.393 e. The molecule has 3 aliphatic rings. The number of aliphatic hydroxyl groups is 1. The number of carbonyl (C=O) groups is 1. The second-order valence-corrected chi connectivity index (χ2v) is 10.1. The molecule has 0 radical (unpaired) electrons. The van der Waals surface area contributed by atoms with Gasteiger partial charge in [-0.15, -0.1) is 0 Å². The van der Waals surface area contributed by atoms with Gasteiger partial charge in [0.25, 0.3) is 0 Å². The van der Waals surface area contributed by atoms with Crippen molar-refractivity contribution in [2.45, 2.75) is 84.0 Å². The summed E-state index contributed by atoms with van der Waals surface area (Å²) in [6.07, 6.45) is 4.12. The fraction of sp³-hybridized carbons (Fsp3) is 0.909. The smallest absolute Gasteiger partial charge is 0.223 e. The first-order valence-electron chi connectivity index (χ1n) is 10.9. The third kappa shape index (κ3) is 4.21. The van der Waals surface area contributed by atoms with Gasteiger partial charge in [-0.3, -0.25) is 4.79 Å². The Morgan fingerprint density at radius 3 is 2.57 bits per heavy atom. The molecule has 2 saturated heterocycles. The lowest BCUT2D eigenvalue weighted by atomic mass is 9.63. The highest BCUT2D eigenvalue weighted by Gasteiger charge is 2.51. The number of hydrogen-bond acceptors (Lipinski definition) is 4. The lowest BCUT2D eigenvalue weighted by Crippen LogP contribution is -2.44. The largest absolute Gasteiger partial charge is 0.393 e. The zero-order chi connectivity index (χ0) is 20.5. The van der Waals surface area contributed by atoms with E-state index in [1.54, 1.807) is 0 Å². The molecule has 6 heteroatoms. The first-order valence-corrected chi connectivity index (χ1v) is 10.9. The summed E-state index contributed by atoms with van der Waals surface area (Å²) in [4.78, 5) is 16.6. The Morgan fingerprint density at radius 1 is 1.25 bits per heavy atom. The van der Waals surface area contributed by atoms with Crippen molar-refractivity contribution >= 4 is 5.91 Å². The van der Waals surface area contributed by atoms with Gasteiger partial charge in [0.05, 0.1) is 18.7 Å². The van der Waals surface area contributed by atoms with Gasteiger partial charge >= 0.3 is 0 Å². The van der Waals surface area contributed by atoms with Gasteiger partial charge in [-0.05, 0) is 48.9 Å². The Kier molecular flexibility index (Phi) is 6.36. The van der Waals surface area contributed by atoms with E-state index in [9.17, 15) is 19.6 Å². The third-order valence-electron chi connectivity index (χ3n) is 8.27. The van der Waals surface area contributed by atoms with E-state index in [2.05, 4.69) is 31.7 Å². The molecule has 5 nitrogen and oxygen atoms in total. The zero-order valence-electron chi connectivity index (χ0n) is 17.7. The van der Waals surface area contributed by atoms with Crippen molar-refractivity contribution in [1.29, 1.82) is 5.26 Å². The summed E-state index contributed by atoms with van der Waals surface area (Å²) in [5, 5.41) is 18.9. The number of carbonyl (C=O) groups excluding carboxylic acids is 1. The molecule has 0 aromatic heterocycles. The summed E-state index contributed by atoms with van der Waals surface area (Å²) < 4.78 is 13.6. The molecule has 1 amide bonds. The lowest BCUT2D eigenvalue weighted by Gasteiger charge is -2.44. The maximum absolute atomic E-state index is 13.6. The van der Waals surface area contributed by atoms with E-state index in [-0.39, 0.29) is 35.8 Å². The minimum absolute atomic E-state index is 0.0691. The normalized spacial score (nSPS) is 36.6. The number of rotatable bonds is 5. The number of hydrogen-bond donors (Lipinski definition) is 1. The summed E-state index contributed by atoms with van der Waals surface area (Å²) in [7, 11) is 0. The van der Waals surface area contributed by atoms with Gasteiger partial charge in [-0.2, -0.15) is 5.26 Å². The first-order chi connectivity index (χ1) is 13.2. The van der Waals surface area contributed by atoms with Gasteiger partial charge in [0, 0.05) is 32.5 Å². The summed E-state index contributed by atoms with van der Waals surface area (Å²) in [5.74, 6) is 0.508. The lowest BCUT2D eigenvalue weighted by molar-refractivity contribution is -0.132. The van der Waals surface area contributed by atoms with Crippen LogP contribution < -0.4 is 0 Å². The first kappa shape index (κ1) is 21.5. The van der Waals surface area contributed by atoms with E-state index in [1.807, 2.05) is 0 Å². The molecule has 158 valence electrons. The SMILES string of the molecule is CC1(C)[C@@H](CN2CCC(O)CC2)CC[C@@]1(C)CCC(=O)N1C[C@@H](F)C[C@H]1C#N. The zero-order valence-corrected chi connectivity index (χ0v) is 17.7. The Hall–Kier alpha value is -1.19. The Labute approximate surface area is 168 Å². The van der Waals surface area contributed by atoms with Gasteiger partial charge in [0.1, 0.15) is 12.2 Å². The van der Waals surface area contributed by atoms with Crippen LogP contribution >= 0.6 is 0 Å². The topological polar surface area (TPSA) is 67.6 Å². The molecule has 28 heavy (non-hydrogen) atoms. The number of halogens is 1. The summed E-state index contributed by atoms with van der Waals surface area (Å²) in [6.45, 7) is 10.0. The summed E-state index contributed by atoms with van der Waals surface area (Å²) >= 11 is 0. The van der Waals surface area contributed by atoms with Crippen LogP contribution in [-0.2, 0) is 4.79 Å². The van der Waals surface area contributed by atoms with Crippen molar-refractivity contribution < 1.29 is 14.3 Å². The standard InChI is InChI=1S/C22H36FN3O2/c1-21(2)16(14-25-10-6-19(27)7-11-25)4-8-22(21,3)9-5-20(28)26-15-17(23)12-18(26)13-24/h16-19,27H,4-12,14-15H2,1-3H3/t16-,17+,18+,22+/m1/s1. The summed E-state index contributed by atoms with van der Waals surface area (Å²) in [5.41, 5.74) is 0.186. The van der Waals surface area contributed by atoms with Crippen molar-refractivity contribution in [3.8, 4) is 6.07 Å². The number of amides is 1. The van der Waals surface area contributed by atoms with Crippen LogP contribution in [0.5, 0.6) is 0 Å². The van der Waals surface area contributed by atoms with E-state index in [0.29, 0.717) is 12.3 Å². The average Bonchev–Trinajstić information content (AvgIpc) is 3.14. The predicted molar refractivity (Wildman–Crippen MR) is 106 cm³/mol. The molecule has 2 aliphatic heterocycles. The van der Waals surface area contributed by atoms with Crippen LogP contribution in [0.15, 0.2) is 0 Å². The van der Waals surface area contributed by atoms with Crippen LogP contribution in [0.3, 0.4) is 0 Å². The van der Waals surface area contributed by atoms with Gasteiger partial charge in [0.2, 0.25) is 5.91 Å². The van der Waals surface area contributed by atoms with Gasteiger partial charge in [0.15, 0.2) is 0 Å². The highest BCUT2D eigenvalue weighted by molar-refractivity contribution is 5.77. The summed E-state index contributed by atoms with van der Waals surface area (Å²) in [6, 6.07) is 1.47. The van der Waals surface area contributed by atoms with Crippen molar-refractivity contribution in [2.24, 2.45) is 16.7 Å². The molecule has 3 fully saturated rings. The van der Waals surface area contributed by atoms with E-state index < -0.39 is 12.2 Å². The number of nitrogens with zero attached hydrogens (tertiary/aromatic N) is 3. The molecule has 3 rings (SSSR count). The highest BCUT2D eigenvalue weighted by Crippen LogP contribution is 2.58. The second kappa shape index (κ2) is 8.28. The maximum Gasteiger partial charge on any atom is 0.223 e. The third-order valence-corrected chi connectivity index (χ3v) is 8.27. The van der Waals surface area contributed by atoms with Crippen LogP contribution in [0, 0.1) is 28.1 Å². The Balaban J connectivity index is 1.56. The fourth-order valence-corrected chi connectivity index (χ4v) is 5.56. The molecule has 1 N–H and O–H groups in total. The van der Waals surface area contributed by atoms with Crippen LogP contribution in [0.1, 0.15) is 65.7 Å². The van der Waals surface area contributed by atoms with Gasteiger partial charge < -0.3 is 14.9 Å². The number of alkyl halides is 1. The second-order valence-electron chi connectivity index (χ2n) is 10.1. The molecular weight excluding hydrogens is 357 g/mol. The van der Waals surface area contributed by atoms with Crippen LogP contribution in [0.2, 0.25) is 0 Å². The van der Waals surface area contributed by atoms with Gasteiger partial charge in [-0.25, -0.2) is 4.39 Å². The molecule has 4 atom stereocenters.